The Bertz CT molecular complexity index is 1170. The fourth-order valence-corrected chi connectivity index (χ4v) is 4.32. The summed E-state index contributed by atoms with van der Waals surface area (Å²) in [5.74, 6) is 0.860. The van der Waals surface area contributed by atoms with Gasteiger partial charge in [0.15, 0.2) is 11.5 Å². The van der Waals surface area contributed by atoms with E-state index in [1.807, 2.05) is 24.3 Å². The molecule has 0 aliphatic carbocycles. The second-order valence-electron chi connectivity index (χ2n) is 7.43. The van der Waals surface area contributed by atoms with Gasteiger partial charge in [-0.25, -0.2) is 4.98 Å². The minimum atomic E-state index is -0.276. The molecule has 0 atom stereocenters. The Labute approximate surface area is 202 Å². The van der Waals surface area contributed by atoms with E-state index in [2.05, 4.69) is 34.4 Å². The first-order valence-electron chi connectivity index (χ1n) is 11.0. The standard InChI is InChI=1S/C25H26N4O4S/c1-3-29(4-2)19-10-7-17(8-11-19)28-24(31)20-6-5-13-26-25(20)34-15-23(30)27-18-9-12-21-22(14-18)33-16-32-21/h5-14H,3-4,15-16H2,1-2H3,(H,27,30)(H,28,31). The summed E-state index contributed by atoms with van der Waals surface area (Å²) in [6.45, 7) is 6.22. The van der Waals surface area contributed by atoms with Crippen molar-refractivity contribution >= 4 is 40.6 Å². The Balaban J connectivity index is 1.36. The molecular formula is C25H26N4O4S. The molecule has 8 nitrogen and oxygen atoms in total. The van der Waals surface area contributed by atoms with Crippen molar-refractivity contribution in [2.45, 2.75) is 18.9 Å². The van der Waals surface area contributed by atoms with Crippen LogP contribution in [0.1, 0.15) is 24.2 Å². The maximum Gasteiger partial charge on any atom is 0.258 e. The van der Waals surface area contributed by atoms with Crippen molar-refractivity contribution in [3.8, 4) is 11.5 Å². The number of thioether (sulfide) groups is 1. The first-order chi connectivity index (χ1) is 16.6. The number of hydrogen-bond acceptors (Lipinski definition) is 7. The molecule has 2 aromatic carbocycles. The fraction of sp³-hybridized carbons (Fsp3) is 0.240. The number of aromatic nitrogens is 1. The number of amides is 2. The lowest BCUT2D eigenvalue weighted by Gasteiger charge is -2.21. The Morgan fingerprint density at radius 1 is 0.971 bits per heavy atom. The van der Waals surface area contributed by atoms with Crippen LogP contribution in [0.3, 0.4) is 0 Å². The van der Waals surface area contributed by atoms with E-state index < -0.39 is 0 Å². The molecule has 34 heavy (non-hydrogen) atoms. The molecule has 0 bridgehead atoms. The van der Waals surface area contributed by atoms with Crippen LogP contribution >= 0.6 is 11.8 Å². The SMILES string of the molecule is CCN(CC)c1ccc(NC(=O)c2cccnc2SCC(=O)Nc2ccc3c(c2)OCO3)cc1. The topological polar surface area (TPSA) is 92.8 Å². The summed E-state index contributed by atoms with van der Waals surface area (Å²) in [6, 6.07) is 16.4. The highest BCUT2D eigenvalue weighted by Crippen LogP contribution is 2.34. The van der Waals surface area contributed by atoms with Crippen molar-refractivity contribution in [3.05, 3.63) is 66.4 Å². The number of ether oxygens (including phenoxy) is 2. The number of hydrogen-bond donors (Lipinski definition) is 2. The van der Waals surface area contributed by atoms with E-state index in [1.165, 1.54) is 11.8 Å². The minimum absolute atomic E-state index is 0.101. The third kappa shape index (κ3) is 5.60. The van der Waals surface area contributed by atoms with Gasteiger partial charge < -0.3 is 25.0 Å². The van der Waals surface area contributed by atoms with Gasteiger partial charge in [0.1, 0.15) is 5.03 Å². The Hall–Kier alpha value is -3.72. The summed E-state index contributed by atoms with van der Waals surface area (Å²) in [4.78, 5) is 31.9. The van der Waals surface area contributed by atoms with Crippen molar-refractivity contribution < 1.29 is 19.1 Å². The quantitative estimate of drug-likeness (QED) is 0.433. The molecule has 2 amide bonds. The summed E-state index contributed by atoms with van der Waals surface area (Å²) >= 11 is 1.20. The summed E-state index contributed by atoms with van der Waals surface area (Å²) < 4.78 is 10.6. The van der Waals surface area contributed by atoms with Gasteiger partial charge in [0.05, 0.1) is 11.3 Å². The third-order valence-corrected chi connectivity index (χ3v) is 6.27. The average molecular weight is 479 g/mol. The van der Waals surface area contributed by atoms with E-state index >= 15 is 0 Å². The van der Waals surface area contributed by atoms with Gasteiger partial charge in [0, 0.05) is 42.4 Å². The number of carbonyl (C=O) groups excluding carboxylic acids is 2. The van der Waals surface area contributed by atoms with E-state index in [0.717, 1.165) is 18.8 Å². The van der Waals surface area contributed by atoms with Gasteiger partial charge in [-0.3, -0.25) is 9.59 Å². The van der Waals surface area contributed by atoms with E-state index in [1.54, 1.807) is 36.5 Å². The molecule has 0 radical (unpaired) electrons. The van der Waals surface area contributed by atoms with Crippen LogP contribution in [0.25, 0.3) is 0 Å². The number of rotatable bonds is 9. The molecule has 3 aromatic rings. The molecule has 2 heterocycles. The summed E-state index contributed by atoms with van der Waals surface area (Å²) in [6.07, 6.45) is 1.60. The van der Waals surface area contributed by atoms with Crippen LogP contribution in [-0.2, 0) is 4.79 Å². The predicted octanol–water partition coefficient (Wildman–Crippen LogP) is 4.64. The highest BCUT2D eigenvalue weighted by atomic mass is 32.2. The van der Waals surface area contributed by atoms with Crippen LogP contribution in [0.5, 0.6) is 11.5 Å². The summed E-state index contributed by atoms with van der Waals surface area (Å²) in [5.41, 5.74) is 2.83. The number of nitrogens with zero attached hydrogens (tertiary/aromatic N) is 2. The van der Waals surface area contributed by atoms with Crippen molar-refractivity contribution in [1.29, 1.82) is 0 Å². The molecule has 9 heteroatoms. The molecule has 4 rings (SSSR count). The Morgan fingerprint density at radius 2 is 1.71 bits per heavy atom. The molecule has 1 aliphatic heterocycles. The zero-order chi connectivity index (χ0) is 23.9. The van der Waals surface area contributed by atoms with Gasteiger partial charge in [-0.1, -0.05) is 11.8 Å². The number of carbonyl (C=O) groups is 2. The molecule has 0 saturated carbocycles. The Morgan fingerprint density at radius 3 is 2.47 bits per heavy atom. The van der Waals surface area contributed by atoms with Crippen LogP contribution in [0.15, 0.2) is 65.8 Å². The lowest BCUT2D eigenvalue weighted by molar-refractivity contribution is -0.113. The van der Waals surface area contributed by atoms with Crippen molar-refractivity contribution in [1.82, 2.24) is 4.98 Å². The van der Waals surface area contributed by atoms with Crippen LogP contribution in [0, 0.1) is 0 Å². The van der Waals surface area contributed by atoms with Crippen LogP contribution in [-0.4, -0.2) is 42.4 Å². The lowest BCUT2D eigenvalue weighted by atomic mass is 10.2. The molecule has 176 valence electrons. The highest BCUT2D eigenvalue weighted by molar-refractivity contribution is 8.00. The smallest absolute Gasteiger partial charge is 0.258 e. The predicted molar refractivity (Wildman–Crippen MR) is 134 cm³/mol. The molecular weight excluding hydrogens is 452 g/mol. The monoisotopic (exact) mass is 478 g/mol. The van der Waals surface area contributed by atoms with Gasteiger partial charge in [-0.2, -0.15) is 0 Å². The zero-order valence-electron chi connectivity index (χ0n) is 19.0. The molecule has 0 saturated heterocycles. The van der Waals surface area contributed by atoms with Gasteiger partial charge in [-0.05, 0) is 62.4 Å². The lowest BCUT2D eigenvalue weighted by Crippen LogP contribution is -2.21. The third-order valence-electron chi connectivity index (χ3n) is 5.27. The number of nitrogens with one attached hydrogen (secondary N) is 2. The van der Waals surface area contributed by atoms with Gasteiger partial charge in [0.2, 0.25) is 12.7 Å². The normalized spacial score (nSPS) is 11.7. The molecule has 2 N–H and O–H groups in total. The van der Waals surface area contributed by atoms with E-state index in [0.29, 0.717) is 33.5 Å². The Kier molecular flexibility index (Phi) is 7.54. The van der Waals surface area contributed by atoms with Crippen LogP contribution in [0.4, 0.5) is 17.1 Å². The first kappa shape index (κ1) is 23.4. The minimum Gasteiger partial charge on any atom is -0.454 e. The largest absolute Gasteiger partial charge is 0.454 e. The number of anilines is 3. The number of pyridine rings is 1. The van der Waals surface area contributed by atoms with Crippen molar-refractivity contribution in [2.24, 2.45) is 0 Å². The molecule has 1 aliphatic rings. The zero-order valence-corrected chi connectivity index (χ0v) is 19.9. The molecule has 1 aromatic heterocycles. The maximum absolute atomic E-state index is 12.9. The van der Waals surface area contributed by atoms with Crippen LogP contribution < -0.4 is 25.0 Å². The molecule has 0 fully saturated rings. The molecule has 0 spiro atoms. The van der Waals surface area contributed by atoms with Crippen molar-refractivity contribution in [2.75, 3.05) is 41.2 Å². The van der Waals surface area contributed by atoms with E-state index in [-0.39, 0.29) is 24.4 Å². The highest BCUT2D eigenvalue weighted by Gasteiger charge is 2.17. The summed E-state index contributed by atoms with van der Waals surface area (Å²) in [7, 11) is 0. The van der Waals surface area contributed by atoms with Gasteiger partial charge >= 0.3 is 0 Å². The average Bonchev–Trinajstić information content (AvgIpc) is 3.32. The number of fused-ring (bicyclic) bond motifs is 1. The second kappa shape index (κ2) is 10.9. The van der Waals surface area contributed by atoms with Gasteiger partial charge in [-0.15, -0.1) is 0 Å². The fourth-order valence-electron chi connectivity index (χ4n) is 3.53. The number of benzene rings is 2. The molecule has 0 unspecified atom stereocenters. The van der Waals surface area contributed by atoms with Crippen LogP contribution in [0.2, 0.25) is 0 Å². The second-order valence-corrected chi connectivity index (χ2v) is 8.40. The van der Waals surface area contributed by atoms with Gasteiger partial charge in [0.25, 0.3) is 5.91 Å². The van der Waals surface area contributed by atoms with Crippen molar-refractivity contribution in [3.63, 3.8) is 0 Å². The maximum atomic E-state index is 12.9. The summed E-state index contributed by atoms with van der Waals surface area (Å²) in [5, 5.41) is 6.23. The first-order valence-corrected chi connectivity index (χ1v) is 12.0. The van der Waals surface area contributed by atoms with E-state index in [4.69, 9.17) is 9.47 Å². The van der Waals surface area contributed by atoms with E-state index in [9.17, 15) is 9.59 Å².